The molecule has 2 N–H and O–H groups in total. The van der Waals surface area contributed by atoms with E-state index in [0.717, 1.165) is 0 Å². The molecule has 0 spiro atoms. The molecule has 4 bridgehead atoms. The molecule has 11 nitrogen and oxygen atoms in total. The topological polar surface area (TPSA) is 143 Å². The minimum atomic E-state index is -1.66. The predicted molar refractivity (Wildman–Crippen MR) is 165 cm³/mol. The van der Waals surface area contributed by atoms with Crippen LogP contribution in [0.15, 0.2) is 42.0 Å². The van der Waals surface area contributed by atoms with Crippen LogP contribution in [0.25, 0.3) is 0 Å². The second-order valence-corrected chi connectivity index (χ2v) is 14.3. The average molecular weight is 639 g/mol. The first-order chi connectivity index (χ1) is 21.8. The Labute approximate surface area is 269 Å². The third-order valence-electron chi connectivity index (χ3n) is 11.9. The molecule has 6 rings (SSSR count). The molecule has 0 aromatic heterocycles. The molecule has 46 heavy (non-hydrogen) atoms. The number of hydrogen-bond donors (Lipinski definition) is 2. The summed E-state index contributed by atoms with van der Waals surface area (Å²) in [5.74, 6) is -5.92. The predicted octanol–water partition coefficient (Wildman–Crippen LogP) is 2.90. The number of carbonyl (C=O) groups excluding carboxylic acids is 3. The van der Waals surface area contributed by atoms with Crippen molar-refractivity contribution in [3.8, 4) is 0 Å². The number of carboxylic acids is 1. The molecular formula is C35H46N2O9. The number of nitrogens with zero attached hydrogens (tertiary/aromatic N) is 2. The van der Waals surface area contributed by atoms with E-state index in [1.807, 2.05) is 20.2 Å². The number of aliphatic hydroxyl groups excluding tert-OH is 1. The maximum atomic E-state index is 14.2. The molecule has 250 valence electrons. The summed E-state index contributed by atoms with van der Waals surface area (Å²) in [5.41, 5.74) is -0.479. The zero-order valence-electron chi connectivity index (χ0n) is 27.2. The van der Waals surface area contributed by atoms with Crippen LogP contribution in [0.5, 0.6) is 0 Å². The highest BCUT2D eigenvalue weighted by Crippen LogP contribution is 2.62. The Balaban J connectivity index is 1.23. The van der Waals surface area contributed by atoms with Crippen LogP contribution in [-0.2, 0) is 33.4 Å². The van der Waals surface area contributed by atoms with Crippen molar-refractivity contribution in [3.05, 3.63) is 47.5 Å². The van der Waals surface area contributed by atoms with E-state index in [1.54, 1.807) is 44.2 Å². The van der Waals surface area contributed by atoms with Crippen molar-refractivity contribution >= 4 is 23.9 Å². The number of fused-ring (bicyclic) bond motifs is 4. The molecule has 5 aliphatic rings. The van der Waals surface area contributed by atoms with Crippen LogP contribution in [0.4, 0.5) is 0 Å². The summed E-state index contributed by atoms with van der Waals surface area (Å²) in [7, 11) is 3.94. The van der Waals surface area contributed by atoms with Crippen molar-refractivity contribution in [1.29, 1.82) is 0 Å². The van der Waals surface area contributed by atoms with Gasteiger partial charge in [0.1, 0.15) is 18.3 Å². The third-order valence-corrected chi connectivity index (χ3v) is 11.9. The van der Waals surface area contributed by atoms with Crippen molar-refractivity contribution in [2.45, 2.75) is 114 Å². The number of allylic oxidation sites excluding steroid dienone is 1. The second-order valence-electron chi connectivity index (χ2n) is 14.3. The fourth-order valence-corrected chi connectivity index (χ4v) is 9.10. The van der Waals surface area contributed by atoms with E-state index in [-0.39, 0.29) is 36.2 Å². The van der Waals surface area contributed by atoms with Gasteiger partial charge >= 0.3 is 23.9 Å². The Morgan fingerprint density at radius 1 is 0.848 bits per heavy atom. The number of carbonyl (C=O) groups is 4. The molecule has 0 radical (unpaired) electrons. The Bertz CT molecular complexity index is 1400. The minimum absolute atomic E-state index is 0.0451. The highest BCUT2D eigenvalue weighted by molar-refractivity contribution is 5.95. The van der Waals surface area contributed by atoms with Crippen LogP contribution in [0.2, 0.25) is 0 Å². The molecule has 0 unspecified atom stereocenters. The van der Waals surface area contributed by atoms with Gasteiger partial charge in [-0.2, -0.15) is 0 Å². The summed E-state index contributed by atoms with van der Waals surface area (Å²) in [5, 5.41) is 20.8. The molecule has 1 saturated carbocycles. The largest absolute Gasteiger partial charge is 0.481 e. The summed E-state index contributed by atoms with van der Waals surface area (Å²) in [6.45, 7) is 5.03. The van der Waals surface area contributed by atoms with Crippen LogP contribution in [0.3, 0.4) is 0 Å². The molecule has 1 aliphatic carbocycles. The number of hydrogen-bond acceptors (Lipinski definition) is 10. The standard InChI is InChI=1S/C35H46N2O9/c1-6-18(2)32(41)45-26-15-21-13-23(17-25(26)37(21)5)44-33(42)30-28(19-10-8-7-9-11-19)29(31(39)40)35(30,3)34(43)46-27-14-20-12-22(38)16-24(27)36(20)4/h6-11,20-30,38H,12-17H2,1-5H3,(H,39,40)/b18-6-/t20-,21-,22+,23+,24+,25+,26-,27-,28-,29+,30+,35-/m0/s1. The summed E-state index contributed by atoms with van der Waals surface area (Å²) in [4.78, 5) is 58.0. The number of piperidine rings is 2. The number of aliphatic carboxylic acids is 1. The first-order valence-electron chi connectivity index (χ1n) is 16.5. The van der Waals surface area contributed by atoms with E-state index in [1.165, 1.54) is 6.92 Å². The molecule has 4 heterocycles. The summed E-state index contributed by atoms with van der Waals surface area (Å²) in [6.07, 6.45) is 3.15. The van der Waals surface area contributed by atoms with E-state index >= 15 is 0 Å². The van der Waals surface area contributed by atoms with Crippen LogP contribution in [-0.4, -0.2) is 107 Å². The summed E-state index contributed by atoms with van der Waals surface area (Å²) < 4.78 is 18.1. The lowest BCUT2D eigenvalue weighted by molar-refractivity contribution is -0.207. The van der Waals surface area contributed by atoms with Crippen molar-refractivity contribution in [3.63, 3.8) is 0 Å². The Morgan fingerprint density at radius 2 is 1.46 bits per heavy atom. The molecule has 11 heteroatoms. The Morgan fingerprint density at radius 3 is 2.09 bits per heavy atom. The first kappa shape index (κ1) is 32.7. The van der Waals surface area contributed by atoms with Crippen LogP contribution in [0.1, 0.15) is 70.8 Å². The average Bonchev–Trinajstić information content (AvgIpc) is 3.27. The summed E-state index contributed by atoms with van der Waals surface area (Å²) >= 11 is 0. The highest BCUT2D eigenvalue weighted by atomic mass is 16.6. The quantitative estimate of drug-likeness (QED) is 0.247. The number of benzene rings is 1. The Hall–Kier alpha value is -3.28. The fraction of sp³-hybridized carbons (Fsp3) is 0.657. The lowest BCUT2D eigenvalue weighted by Crippen LogP contribution is -2.65. The van der Waals surface area contributed by atoms with Gasteiger partial charge in [0.2, 0.25) is 0 Å². The molecule has 4 aliphatic heterocycles. The normalized spacial score (nSPS) is 40.6. The zero-order chi connectivity index (χ0) is 33.1. The van der Waals surface area contributed by atoms with Gasteiger partial charge in [-0.25, -0.2) is 4.79 Å². The molecule has 4 saturated heterocycles. The minimum Gasteiger partial charge on any atom is -0.481 e. The number of aliphatic hydroxyl groups is 1. The molecule has 5 fully saturated rings. The molecule has 12 atom stereocenters. The van der Waals surface area contributed by atoms with Gasteiger partial charge in [0.05, 0.1) is 29.4 Å². The molecular weight excluding hydrogens is 592 g/mol. The lowest BCUT2D eigenvalue weighted by atomic mass is 9.45. The smallest absolute Gasteiger partial charge is 0.333 e. The third kappa shape index (κ3) is 5.44. The van der Waals surface area contributed by atoms with E-state index in [0.29, 0.717) is 49.7 Å². The van der Waals surface area contributed by atoms with Gasteiger partial charge in [-0.1, -0.05) is 36.4 Å². The number of esters is 3. The van der Waals surface area contributed by atoms with Crippen LogP contribution >= 0.6 is 0 Å². The second kappa shape index (κ2) is 12.4. The van der Waals surface area contributed by atoms with Crippen molar-refractivity contribution in [1.82, 2.24) is 9.80 Å². The van der Waals surface area contributed by atoms with E-state index in [9.17, 15) is 29.4 Å². The van der Waals surface area contributed by atoms with Crippen molar-refractivity contribution in [2.75, 3.05) is 14.1 Å². The summed E-state index contributed by atoms with van der Waals surface area (Å²) in [6, 6.07) is 8.76. The Kier molecular flexibility index (Phi) is 8.80. The number of ether oxygens (including phenoxy) is 3. The van der Waals surface area contributed by atoms with Gasteiger partial charge in [-0.15, -0.1) is 0 Å². The first-order valence-corrected chi connectivity index (χ1v) is 16.5. The molecule has 1 aromatic carbocycles. The van der Waals surface area contributed by atoms with Gasteiger partial charge < -0.3 is 24.4 Å². The van der Waals surface area contributed by atoms with Crippen LogP contribution < -0.4 is 0 Å². The van der Waals surface area contributed by atoms with E-state index in [4.69, 9.17) is 14.2 Å². The van der Waals surface area contributed by atoms with Gasteiger partial charge in [0.15, 0.2) is 0 Å². The number of rotatable bonds is 8. The molecule has 1 aromatic rings. The van der Waals surface area contributed by atoms with Gasteiger partial charge in [0.25, 0.3) is 0 Å². The fourth-order valence-electron chi connectivity index (χ4n) is 9.10. The monoisotopic (exact) mass is 638 g/mol. The number of likely N-dealkylation sites (N-methyl/N-ethyl adjacent to an activating group) is 2. The van der Waals surface area contributed by atoms with Crippen molar-refractivity contribution in [2.24, 2.45) is 17.3 Å². The molecule has 0 amide bonds. The maximum Gasteiger partial charge on any atom is 0.333 e. The SMILES string of the molecule is C/C=C(/C)C(=O)O[C@H]1C[C@@H]2C[C@@H](OC(=O)[C@H]3[C@@H](c4ccccc4)[C@H](C(=O)O)[C@]3(C)C(=O)O[C@H]3C[C@@H]4C[C@@H](O)C[C@H]3N4C)C[C@H]1N2C. The zero-order valence-corrected chi connectivity index (χ0v) is 27.2. The van der Waals surface area contributed by atoms with Gasteiger partial charge in [-0.3, -0.25) is 24.2 Å². The highest BCUT2D eigenvalue weighted by Gasteiger charge is 2.71. The van der Waals surface area contributed by atoms with E-state index < -0.39 is 59.4 Å². The van der Waals surface area contributed by atoms with E-state index in [2.05, 4.69) is 9.80 Å². The van der Waals surface area contributed by atoms with Gasteiger partial charge in [-0.05, 0) is 53.3 Å². The lowest BCUT2D eigenvalue weighted by Gasteiger charge is -2.55. The van der Waals surface area contributed by atoms with Crippen LogP contribution in [0, 0.1) is 17.3 Å². The number of carboxylic acid groups (broad SMARTS) is 1. The maximum absolute atomic E-state index is 14.2. The van der Waals surface area contributed by atoms with Gasteiger partial charge in [0, 0.05) is 55.3 Å². The van der Waals surface area contributed by atoms with Crippen molar-refractivity contribution < 1.29 is 43.6 Å².